The second-order valence-electron chi connectivity index (χ2n) is 5.05. The molecule has 8 heteroatoms. The van der Waals surface area contributed by atoms with E-state index in [0.717, 1.165) is 19.3 Å². The Bertz CT molecular complexity index is 464. The molecule has 0 atom stereocenters. The van der Waals surface area contributed by atoms with E-state index < -0.39 is 5.41 Å². The fraction of sp³-hybridized carbons (Fsp3) is 0.667. The molecule has 1 amide bonds. The van der Waals surface area contributed by atoms with Gasteiger partial charge in [-0.15, -0.1) is 5.10 Å². The number of nitrogens with one attached hydrogen (secondary N) is 1. The lowest BCUT2D eigenvalue weighted by Crippen LogP contribution is -2.51. The summed E-state index contributed by atoms with van der Waals surface area (Å²) in [5, 5.41) is 22.4. The Morgan fingerprint density at radius 3 is 2.80 bits per heavy atom. The number of aromatic nitrogens is 3. The highest BCUT2D eigenvalue weighted by molar-refractivity contribution is 6.06. The number of carbonyl (C=O) groups is 1. The van der Waals surface area contributed by atoms with E-state index in [9.17, 15) is 4.79 Å². The number of rotatable bonds is 5. The van der Waals surface area contributed by atoms with Gasteiger partial charge in [-0.3, -0.25) is 9.48 Å². The molecule has 0 spiro atoms. The minimum absolute atomic E-state index is 0.00968. The third-order valence-electron chi connectivity index (χ3n) is 3.84. The first-order valence-electron chi connectivity index (χ1n) is 6.79. The van der Waals surface area contributed by atoms with Crippen LogP contribution in [0.5, 0.6) is 0 Å². The zero-order valence-corrected chi connectivity index (χ0v) is 11.3. The first kappa shape index (κ1) is 14.3. The average molecular weight is 280 g/mol. The van der Waals surface area contributed by atoms with Crippen LogP contribution in [0.1, 0.15) is 32.1 Å². The van der Waals surface area contributed by atoms with Gasteiger partial charge in [-0.1, -0.05) is 29.6 Å². The highest BCUT2D eigenvalue weighted by Crippen LogP contribution is 2.36. The molecule has 0 bridgehead atoms. The van der Waals surface area contributed by atoms with Crippen LogP contribution in [0.15, 0.2) is 17.5 Å². The zero-order valence-electron chi connectivity index (χ0n) is 11.3. The summed E-state index contributed by atoms with van der Waals surface area (Å²) in [7, 11) is 0. The van der Waals surface area contributed by atoms with E-state index in [1.54, 1.807) is 17.1 Å². The van der Waals surface area contributed by atoms with Crippen molar-refractivity contribution in [3.63, 3.8) is 0 Å². The van der Waals surface area contributed by atoms with Gasteiger partial charge in [-0.05, 0) is 12.8 Å². The van der Waals surface area contributed by atoms with Gasteiger partial charge in [0.25, 0.3) is 0 Å². The van der Waals surface area contributed by atoms with Crippen LogP contribution >= 0.6 is 0 Å². The van der Waals surface area contributed by atoms with Crippen molar-refractivity contribution in [1.29, 1.82) is 0 Å². The van der Waals surface area contributed by atoms with E-state index in [0.29, 0.717) is 25.9 Å². The SMILES string of the molecule is N/C(=N/O)C1(C(=O)NCCn2ccnn2)CCCCC1. The van der Waals surface area contributed by atoms with Crippen molar-refractivity contribution >= 4 is 11.7 Å². The highest BCUT2D eigenvalue weighted by atomic mass is 16.4. The van der Waals surface area contributed by atoms with Crippen LogP contribution in [0.4, 0.5) is 0 Å². The maximum absolute atomic E-state index is 12.4. The van der Waals surface area contributed by atoms with E-state index in [4.69, 9.17) is 10.9 Å². The van der Waals surface area contributed by atoms with E-state index in [1.165, 1.54) is 0 Å². The first-order valence-corrected chi connectivity index (χ1v) is 6.79. The van der Waals surface area contributed by atoms with Gasteiger partial charge in [0.1, 0.15) is 5.41 Å². The van der Waals surface area contributed by atoms with Crippen LogP contribution in [0.3, 0.4) is 0 Å². The van der Waals surface area contributed by atoms with Crippen LogP contribution in [-0.4, -0.2) is 38.5 Å². The lowest BCUT2D eigenvalue weighted by atomic mass is 9.72. The molecule has 8 nitrogen and oxygen atoms in total. The summed E-state index contributed by atoms with van der Waals surface area (Å²) in [6.45, 7) is 0.973. The van der Waals surface area contributed by atoms with Crippen LogP contribution in [-0.2, 0) is 11.3 Å². The molecule has 0 radical (unpaired) electrons. The Kier molecular flexibility index (Phi) is 4.54. The molecule has 0 aromatic carbocycles. The molecule has 20 heavy (non-hydrogen) atoms. The molecule has 1 aromatic heterocycles. The molecule has 1 saturated carbocycles. The second kappa shape index (κ2) is 6.36. The van der Waals surface area contributed by atoms with Gasteiger partial charge in [0, 0.05) is 12.7 Å². The Balaban J connectivity index is 1.96. The van der Waals surface area contributed by atoms with Gasteiger partial charge in [-0.25, -0.2) is 0 Å². The van der Waals surface area contributed by atoms with Crippen molar-refractivity contribution in [2.24, 2.45) is 16.3 Å². The number of hydrogen-bond acceptors (Lipinski definition) is 5. The van der Waals surface area contributed by atoms with Crippen molar-refractivity contribution in [2.75, 3.05) is 6.54 Å². The number of hydrogen-bond donors (Lipinski definition) is 3. The molecule has 2 rings (SSSR count). The normalized spacial score (nSPS) is 18.7. The predicted molar refractivity (Wildman–Crippen MR) is 72.0 cm³/mol. The molecular formula is C12H20N6O2. The summed E-state index contributed by atoms with van der Waals surface area (Å²) in [6.07, 6.45) is 7.45. The molecule has 0 saturated heterocycles. The predicted octanol–water partition coefficient (Wildman–Crippen LogP) is 0.0912. The van der Waals surface area contributed by atoms with Gasteiger partial charge >= 0.3 is 0 Å². The number of amides is 1. The molecule has 1 aliphatic rings. The number of nitrogens with two attached hydrogens (primary N) is 1. The highest BCUT2D eigenvalue weighted by Gasteiger charge is 2.43. The molecular weight excluding hydrogens is 260 g/mol. The largest absolute Gasteiger partial charge is 0.409 e. The lowest BCUT2D eigenvalue weighted by molar-refractivity contribution is -0.129. The third-order valence-corrected chi connectivity index (χ3v) is 3.84. The molecule has 0 unspecified atom stereocenters. The summed E-state index contributed by atoms with van der Waals surface area (Å²) in [4.78, 5) is 12.4. The summed E-state index contributed by atoms with van der Waals surface area (Å²) >= 11 is 0. The van der Waals surface area contributed by atoms with E-state index in [1.807, 2.05) is 0 Å². The minimum atomic E-state index is -0.866. The van der Waals surface area contributed by atoms with Crippen molar-refractivity contribution in [3.05, 3.63) is 12.4 Å². The minimum Gasteiger partial charge on any atom is -0.409 e. The van der Waals surface area contributed by atoms with Crippen molar-refractivity contribution < 1.29 is 10.0 Å². The van der Waals surface area contributed by atoms with Crippen LogP contribution in [0.25, 0.3) is 0 Å². The van der Waals surface area contributed by atoms with Gasteiger partial charge in [-0.2, -0.15) is 0 Å². The van der Waals surface area contributed by atoms with Crippen molar-refractivity contribution in [3.8, 4) is 0 Å². The molecule has 1 aromatic rings. The number of oxime groups is 1. The van der Waals surface area contributed by atoms with Gasteiger partial charge in [0.2, 0.25) is 5.91 Å². The van der Waals surface area contributed by atoms with E-state index >= 15 is 0 Å². The molecule has 1 heterocycles. The Morgan fingerprint density at radius 1 is 1.45 bits per heavy atom. The van der Waals surface area contributed by atoms with Gasteiger partial charge in [0.15, 0.2) is 5.84 Å². The standard InChI is InChI=1S/C12H20N6O2/c13-10(16-20)12(4-2-1-3-5-12)11(19)14-6-8-18-9-7-15-17-18/h7,9,20H,1-6,8H2,(H2,13,16)(H,14,19). The summed E-state index contributed by atoms with van der Waals surface area (Å²) in [5.41, 5.74) is 4.90. The number of amidine groups is 1. The summed E-state index contributed by atoms with van der Waals surface area (Å²) in [5.74, 6) is -0.164. The molecule has 4 N–H and O–H groups in total. The topological polar surface area (TPSA) is 118 Å². The fourth-order valence-electron chi connectivity index (χ4n) is 2.66. The van der Waals surface area contributed by atoms with E-state index in [2.05, 4.69) is 20.8 Å². The van der Waals surface area contributed by atoms with Gasteiger partial charge < -0.3 is 16.3 Å². The van der Waals surface area contributed by atoms with Crippen LogP contribution in [0.2, 0.25) is 0 Å². The Morgan fingerprint density at radius 2 is 2.20 bits per heavy atom. The molecule has 1 aliphatic carbocycles. The quantitative estimate of drug-likeness (QED) is 0.306. The zero-order chi connectivity index (χ0) is 14.4. The summed E-state index contributed by atoms with van der Waals surface area (Å²) in [6, 6.07) is 0. The van der Waals surface area contributed by atoms with Crippen LogP contribution in [0, 0.1) is 5.41 Å². The first-order chi connectivity index (χ1) is 9.69. The Labute approximate surface area is 117 Å². The van der Waals surface area contributed by atoms with Crippen molar-refractivity contribution in [2.45, 2.75) is 38.6 Å². The molecule has 1 fully saturated rings. The van der Waals surface area contributed by atoms with Crippen molar-refractivity contribution in [1.82, 2.24) is 20.3 Å². The van der Waals surface area contributed by atoms with E-state index in [-0.39, 0.29) is 11.7 Å². The monoisotopic (exact) mass is 280 g/mol. The lowest BCUT2D eigenvalue weighted by Gasteiger charge is -2.34. The smallest absolute Gasteiger partial charge is 0.234 e. The number of carbonyl (C=O) groups excluding carboxylic acids is 1. The summed E-state index contributed by atoms with van der Waals surface area (Å²) < 4.78 is 1.64. The molecule has 110 valence electrons. The third kappa shape index (κ3) is 2.89. The fourth-order valence-corrected chi connectivity index (χ4v) is 2.66. The average Bonchev–Trinajstić information content (AvgIpc) is 3.00. The Hall–Kier alpha value is -2.12. The number of nitrogens with zero attached hydrogens (tertiary/aromatic N) is 4. The molecule has 0 aliphatic heterocycles. The maximum atomic E-state index is 12.4. The second-order valence-corrected chi connectivity index (χ2v) is 5.05. The maximum Gasteiger partial charge on any atom is 0.234 e. The van der Waals surface area contributed by atoms with Crippen LogP contribution < -0.4 is 11.1 Å². The van der Waals surface area contributed by atoms with Gasteiger partial charge in [0.05, 0.1) is 12.7 Å².